The first-order valence-corrected chi connectivity index (χ1v) is 8.29. The summed E-state index contributed by atoms with van der Waals surface area (Å²) in [4.78, 5) is 7.10. The number of hydrogen-bond donors (Lipinski definition) is 0. The van der Waals surface area contributed by atoms with Crippen molar-refractivity contribution in [3.05, 3.63) is 35.7 Å². The molecule has 0 amide bonds. The van der Waals surface area contributed by atoms with Gasteiger partial charge in [0.25, 0.3) is 0 Å². The molecule has 1 aliphatic carbocycles. The predicted octanol–water partition coefficient (Wildman–Crippen LogP) is 4.20. The van der Waals surface area contributed by atoms with Crippen molar-refractivity contribution in [2.24, 2.45) is 0 Å². The second-order valence-electron chi connectivity index (χ2n) is 6.59. The zero-order chi connectivity index (χ0) is 15.5. The van der Waals surface area contributed by atoms with Crippen LogP contribution >= 0.6 is 0 Å². The molecule has 1 fully saturated rings. The van der Waals surface area contributed by atoms with Crippen LogP contribution in [0.25, 0.3) is 11.4 Å². The molecule has 0 aliphatic heterocycles. The van der Waals surface area contributed by atoms with Gasteiger partial charge in [-0.2, -0.15) is 4.98 Å². The van der Waals surface area contributed by atoms with E-state index in [1.165, 1.54) is 31.2 Å². The standard InChI is InChI=1S/C18H25N3O/c1-13(2)21(16-9-4-5-10-16)12-17-19-18(20-22-17)15-8-6-7-14(3)11-15/h6-8,11,13,16H,4-5,9-10,12H2,1-3H3. The Balaban J connectivity index is 1.75. The van der Waals surface area contributed by atoms with Gasteiger partial charge in [-0.3, -0.25) is 4.90 Å². The fourth-order valence-electron chi connectivity index (χ4n) is 3.35. The van der Waals surface area contributed by atoms with Crippen LogP contribution in [0.2, 0.25) is 0 Å². The summed E-state index contributed by atoms with van der Waals surface area (Å²) in [7, 11) is 0. The first-order valence-electron chi connectivity index (χ1n) is 8.29. The van der Waals surface area contributed by atoms with Gasteiger partial charge in [-0.15, -0.1) is 0 Å². The van der Waals surface area contributed by atoms with Gasteiger partial charge in [0.2, 0.25) is 11.7 Å². The Morgan fingerprint density at radius 3 is 2.73 bits per heavy atom. The summed E-state index contributed by atoms with van der Waals surface area (Å²) in [6.07, 6.45) is 5.26. The zero-order valence-electron chi connectivity index (χ0n) is 13.7. The van der Waals surface area contributed by atoms with Crippen molar-refractivity contribution in [3.8, 4) is 11.4 Å². The molecule has 0 N–H and O–H groups in total. The monoisotopic (exact) mass is 299 g/mol. The summed E-state index contributed by atoms with van der Waals surface area (Å²) in [5, 5.41) is 4.15. The average Bonchev–Trinajstić information content (AvgIpc) is 3.16. The SMILES string of the molecule is Cc1cccc(-c2noc(CN(C(C)C)C3CCCC3)n2)c1. The van der Waals surface area contributed by atoms with Crippen molar-refractivity contribution in [3.63, 3.8) is 0 Å². The summed E-state index contributed by atoms with van der Waals surface area (Å²) >= 11 is 0. The van der Waals surface area contributed by atoms with Gasteiger partial charge in [-0.25, -0.2) is 0 Å². The van der Waals surface area contributed by atoms with E-state index in [0.717, 1.165) is 18.0 Å². The molecule has 118 valence electrons. The van der Waals surface area contributed by atoms with E-state index < -0.39 is 0 Å². The van der Waals surface area contributed by atoms with E-state index in [4.69, 9.17) is 4.52 Å². The van der Waals surface area contributed by atoms with Gasteiger partial charge < -0.3 is 4.52 Å². The van der Waals surface area contributed by atoms with Gasteiger partial charge in [0.05, 0.1) is 6.54 Å². The summed E-state index contributed by atoms with van der Waals surface area (Å²) in [5.41, 5.74) is 2.23. The Morgan fingerprint density at radius 1 is 1.27 bits per heavy atom. The first-order chi connectivity index (χ1) is 10.6. The van der Waals surface area contributed by atoms with Crippen molar-refractivity contribution in [1.82, 2.24) is 15.0 Å². The third-order valence-corrected chi connectivity index (χ3v) is 4.52. The minimum absolute atomic E-state index is 0.498. The van der Waals surface area contributed by atoms with Crippen LogP contribution in [0.1, 0.15) is 51.0 Å². The van der Waals surface area contributed by atoms with Crippen LogP contribution in [0.3, 0.4) is 0 Å². The predicted molar refractivity (Wildman–Crippen MR) is 87.4 cm³/mol. The van der Waals surface area contributed by atoms with Gasteiger partial charge >= 0.3 is 0 Å². The van der Waals surface area contributed by atoms with E-state index in [2.05, 4.69) is 47.9 Å². The number of hydrogen-bond acceptors (Lipinski definition) is 4. The van der Waals surface area contributed by atoms with E-state index in [-0.39, 0.29) is 0 Å². The van der Waals surface area contributed by atoms with E-state index in [9.17, 15) is 0 Å². The van der Waals surface area contributed by atoms with Gasteiger partial charge in [-0.05, 0) is 39.7 Å². The van der Waals surface area contributed by atoms with Crippen molar-refractivity contribution in [1.29, 1.82) is 0 Å². The molecule has 0 unspecified atom stereocenters. The second-order valence-corrected chi connectivity index (χ2v) is 6.59. The molecule has 1 saturated carbocycles. The molecule has 1 aliphatic rings. The third kappa shape index (κ3) is 3.38. The number of benzene rings is 1. The molecule has 3 rings (SSSR count). The van der Waals surface area contributed by atoms with Crippen molar-refractivity contribution < 1.29 is 4.52 Å². The molecule has 4 heteroatoms. The van der Waals surface area contributed by atoms with E-state index >= 15 is 0 Å². The molecule has 1 aromatic carbocycles. The Bertz CT molecular complexity index is 614. The van der Waals surface area contributed by atoms with Crippen molar-refractivity contribution in [2.45, 2.75) is 65.1 Å². The molecule has 0 saturated heterocycles. The largest absolute Gasteiger partial charge is 0.338 e. The molecule has 1 aromatic heterocycles. The Kier molecular flexibility index (Phi) is 4.57. The van der Waals surface area contributed by atoms with Gasteiger partial charge in [0, 0.05) is 17.6 Å². The fraction of sp³-hybridized carbons (Fsp3) is 0.556. The highest BCUT2D eigenvalue weighted by atomic mass is 16.5. The molecule has 2 aromatic rings. The van der Waals surface area contributed by atoms with Gasteiger partial charge in [-0.1, -0.05) is 41.8 Å². The zero-order valence-corrected chi connectivity index (χ0v) is 13.7. The number of nitrogens with zero attached hydrogens (tertiary/aromatic N) is 3. The smallest absolute Gasteiger partial charge is 0.241 e. The van der Waals surface area contributed by atoms with Crippen LogP contribution in [-0.2, 0) is 6.54 Å². The van der Waals surface area contributed by atoms with E-state index in [0.29, 0.717) is 17.9 Å². The highest BCUT2D eigenvalue weighted by Gasteiger charge is 2.26. The number of aryl methyl sites for hydroxylation is 1. The number of rotatable bonds is 5. The lowest BCUT2D eigenvalue weighted by molar-refractivity contribution is 0.128. The molecular weight excluding hydrogens is 274 g/mol. The molecule has 0 spiro atoms. The molecule has 0 bridgehead atoms. The van der Waals surface area contributed by atoms with Gasteiger partial charge in [0.1, 0.15) is 0 Å². The van der Waals surface area contributed by atoms with Crippen LogP contribution in [-0.4, -0.2) is 27.1 Å². The first kappa shape index (κ1) is 15.2. The van der Waals surface area contributed by atoms with Crippen LogP contribution in [0.5, 0.6) is 0 Å². The molecule has 1 heterocycles. The van der Waals surface area contributed by atoms with Gasteiger partial charge in [0.15, 0.2) is 0 Å². The maximum atomic E-state index is 5.50. The minimum Gasteiger partial charge on any atom is -0.338 e. The van der Waals surface area contributed by atoms with Crippen molar-refractivity contribution >= 4 is 0 Å². The Morgan fingerprint density at radius 2 is 2.05 bits per heavy atom. The Hall–Kier alpha value is -1.68. The number of aromatic nitrogens is 2. The third-order valence-electron chi connectivity index (χ3n) is 4.52. The molecule has 0 atom stereocenters. The normalized spacial score (nSPS) is 16.0. The minimum atomic E-state index is 0.498. The average molecular weight is 299 g/mol. The quantitative estimate of drug-likeness (QED) is 0.830. The lowest BCUT2D eigenvalue weighted by Crippen LogP contribution is -2.38. The highest BCUT2D eigenvalue weighted by Crippen LogP contribution is 2.27. The second kappa shape index (κ2) is 6.61. The lowest BCUT2D eigenvalue weighted by Gasteiger charge is -2.31. The molecule has 22 heavy (non-hydrogen) atoms. The van der Waals surface area contributed by atoms with E-state index in [1.54, 1.807) is 0 Å². The fourth-order valence-corrected chi connectivity index (χ4v) is 3.35. The maximum absolute atomic E-state index is 5.50. The maximum Gasteiger partial charge on any atom is 0.241 e. The highest BCUT2D eigenvalue weighted by molar-refractivity contribution is 5.55. The molecule has 4 nitrogen and oxygen atoms in total. The Labute approximate surface area is 132 Å². The van der Waals surface area contributed by atoms with Crippen LogP contribution < -0.4 is 0 Å². The molecular formula is C18H25N3O. The summed E-state index contributed by atoms with van der Waals surface area (Å²) in [6.45, 7) is 7.32. The molecule has 0 radical (unpaired) electrons. The van der Waals surface area contributed by atoms with E-state index in [1.807, 2.05) is 12.1 Å². The lowest BCUT2D eigenvalue weighted by atomic mass is 10.1. The van der Waals surface area contributed by atoms with Crippen LogP contribution in [0.15, 0.2) is 28.8 Å². The topological polar surface area (TPSA) is 42.2 Å². The summed E-state index contributed by atoms with van der Waals surface area (Å²) in [6, 6.07) is 9.38. The van der Waals surface area contributed by atoms with Crippen molar-refractivity contribution in [2.75, 3.05) is 0 Å². The van der Waals surface area contributed by atoms with Crippen LogP contribution in [0, 0.1) is 6.92 Å². The van der Waals surface area contributed by atoms with Crippen LogP contribution in [0.4, 0.5) is 0 Å². The summed E-state index contributed by atoms with van der Waals surface area (Å²) < 4.78 is 5.50. The summed E-state index contributed by atoms with van der Waals surface area (Å²) in [5.74, 6) is 1.41.